The normalized spacial score (nSPS) is 10.4. The van der Waals surface area contributed by atoms with Gasteiger partial charge in [-0.25, -0.2) is 4.98 Å². The van der Waals surface area contributed by atoms with Crippen molar-refractivity contribution in [2.75, 3.05) is 7.05 Å². The topological polar surface area (TPSA) is 76.8 Å². The summed E-state index contributed by atoms with van der Waals surface area (Å²) in [6, 6.07) is 9.12. The van der Waals surface area contributed by atoms with Gasteiger partial charge in [-0.2, -0.15) is 0 Å². The Morgan fingerprint density at radius 3 is 2.59 bits per heavy atom. The van der Waals surface area contributed by atoms with Crippen LogP contribution in [0, 0.1) is 0 Å². The van der Waals surface area contributed by atoms with Crippen LogP contribution in [-0.2, 0) is 6.54 Å². The predicted molar refractivity (Wildman–Crippen MR) is 79.2 cm³/mol. The molecule has 22 heavy (non-hydrogen) atoms. The standard InChI is InChI=1S/C15H14N6O/c1-20(9-13-4-2-3-7-16-13)15(22)12-5-6-14(17-8-12)21-10-18-19-11-21/h2-8,10-11H,9H2,1H3. The van der Waals surface area contributed by atoms with Crippen LogP contribution in [0.1, 0.15) is 16.1 Å². The van der Waals surface area contributed by atoms with E-state index in [2.05, 4.69) is 20.2 Å². The Labute approximate surface area is 127 Å². The molecule has 0 atom stereocenters. The minimum atomic E-state index is -0.103. The smallest absolute Gasteiger partial charge is 0.255 e. The van der Waals surface area contributed by atoms with Gasteiger partial charge in [-0.1, -0.05) is 6.07 Å². The number of hydrogen-bond acceptors (Lipinski definition) is 5. The van der Waals surface area contributed by atoms with Crippen molar-refractivity contribution in [1.82, 2.24) is 29.6 Å². The van der Waals surface area contributed by atoms with Crippen LogP contribution in [0.3, 0.4) is 0 Å². The summed E-state index contributed by atoms with van der Waals surface area (Å²) in [6.45, 7) is 0.451. The van der Waals surface area contributed by atoms with E-state index in [0.29, 0.717) is 17.9 Å². The molecule has 7 heteroatoms. The molecule has 7 nitrogen and oxygen atoms in total. The van der Waals surface area contributed by atoms with Crippen molar-refractivity contribution in [2.24, 2.45) is 0 Å². The Kier molecular flexibility index (Phi) is 3.86. The van der Waals surface area contributed by atoms with Crippen LogP contribution in [0.5, 0.6) is 0 Å². The van der Waals surface area contributed by atoms with Crippen LogP contribution in [0.4, 0.5) is 0 Å². The Morgan fingerprint density at radius 1 is 1.14 bits per heavy atom. The summed E-state index contributed by atoms with van der Waals surface area (Å²) in [5.74, 6) is 0.558. The second kappa shape index (κ2) is 6.13. The van der Waals surface area contributed by atoms with E-state index in [4.69, 9.17) is 0 Å². The number of carbonyl (C=O) groups is 1. The van der Waals surface area contributed by atoms with Crippen molar-refractivity contribution in [1.29, 1.82) is 0 Å². The number of hydrogen-bond donors (Lipinski definition) is 0. The maximum atomic E-state index is 12.4. The molecular formula is C15H14N6O. The minimum Gasteiger partial charge on any atom is -0.336 e. The highest BCUT2D eigenvalue weighted by Gasteiger charge is 2.13. The summed E-state index contributed by atoms with van der Waals surface area (Å²) >= 11 is 0. The fourth-order valence-electron chi connectivity index (χ4n) is 2.01. The van der Waals surface area contributed by atoms with Crippen molar-refractivity contribution < 1.29 is 4.79 Å². The Morgan fingerprint density at radius 2 is 1.95 bits per heavy atom. The predicted octanol–water partition coefficient (Wildman–Crippen LogP) is 1.33. The summed E-state index contributed by atoms with van der Waals surface area (Å²) < 4.78 is 1.67. The molecule has 3 heterocycles. The fourth-order valence-corrected chi connectivity index (χ4v) is 2.01. The second-order valence-electron chi connectivity index (χ2n) is 4.76. The molecule has 0 unspecified atom stereocenters. The molecule has 0 aliphatic heterocycles. The first-order chi connectivity index (χ1) is 10.7. The summed E-state index contributed by atoms with van der Waals surface area (Å²) in [6.07, 6.45) is 6.36. The zero-order valence-electron chi connectivity index (χ0n) is 12.0. The minimum absolute atomic E-state index is 0.103. The molecule has 3 aromatic rings. The summed E-state index contributed by atoms with van der Waals surface area (Å²) in [7, 11) is 1.74. The Bertz CT molecular complexity index is 739. The molecule has 110 valence electrons. The summed E-state index contributed by atoms with van der Waals surface area (Å²) in [5.41, 5.74) is 1.36. The first-order valence-corrected chi connectivity index (χ1v) is 6.70. The van der Waals surface area contributed by atoms with Crippen LogP contribution >= 0.6 is 0 Å². The molecule has 0 bridgehead atoms. The van der Waals surface area contributed by atoms with Crippen molar-refractivity contribution >= 4 is 5.91 Å². The van der Waals surface area contributed by atoms with Gasteiger partial charge in [-0.3, -0.25) is 14.3 Å². The molecule has 3 aromatic heterocycles. The third kappa shape index (κ3) is 2.98. The third-order valence-electron chi connectivity index (χ3n) is 3.15. The van der Waals surface area contributed by atoms with Gasteiger partial charge in [0.15, 0.2) is 0 Å². The van der Waals surface area contributed by atoms with Crippen LogP contribution in [-0.4, -0.2) is 42.6 Å². The first-order valence-electron chi connectivity index (χ1n) is 6.70. The van der Waals surface area contributed by atoms with E-state index in [1.807, 2.05) is 18.2 Å². The quantitative estimate of drug-likeness (QED) is 0.725. The monoisotopic (exact) mass is 294 g/mol. The molecule has 0 aliphatic carbocycles. The van der Waals surface area contributed by atoms with Gasteiger partial charge in [0.1, 0.15) is 18.5 Å². The van der Waals surface area contributed by atoms with Gasteiger partial charge in [0.2, 0.25) is 0 Å². The van der Waals surface area contributed by atoms with E-state index < -0.39 is 0 Å². The molecule has 0 aromatic carbocycles. The second-order valence-corrected chi connectivity index (χ2v) is 4.76. The average molecular weight is 294 g/mol. The van der Waals surface area contributed by atoms with Crippen molar-refractivity contribution in [3.63, 3.8) is 0 Å². The first kappa shape index (κ1) is 13.9. The van der Waals surface area contributed by atoms with E-state index in [-0.39, 0.29) is 5.91 Å². The molecular weight excluding hydrogens is 280 g/mol. The van der Waals surface area contributed by atoms with Gasteiger partial charge in [0.05, 0.1) is 17.8 Å². The molecule has 3 rings (SSSR count). The lowest BCUT2D eigenvalue weighted by Gasteiger charge is -2.16. The lowest BCUT2D eigenvalue weighted by molar-refractivity contribution is 0.0783. The Hall–Kier alpha value is -3.09. The van der Waals surface area contributed by atoms with Gasteiger partial charge in [-0.05, 0) is 24.3 Å². The molecule has 0 radical (unpaired) electrons. The zero-order chi connectivity index (χ0) is 15.4. The molecule has 0 N–H and O–H groups in total. The molecule has 0 aliphatic rings. The molecule has 1 amide bonds. The maximum absolute atomic E-state index is 12.4. The number of aromatic nitrogens is 5. The van der Waals surface area contributed by atoms with Crippen molar-refractivity contribution in [3.8, 4) is 5.82 Å². The van der Waals surface area contributed by atoms with Gasteiger partial charge in [-0.15, -0.1) is 10.2 Å². The van der Waals surface area contributed by atoms with Crippen LogP contribution in [0.2, 0.25) is 0 Å². The van der Waals surface area contributed by atoms with Gasteiger partial charge < -0.3 is 4.90 Å². The highest BCUT2D eigenvalue weighted by atomic mass is 16.2. The molecule has 0 fully saturated rings. The maximum Gasteiger partial charge on any atom is 0.255 e. The number of pyridine rings is 2. The highest BCUT2D eigenvalue weighted by Crippen LogP contribution is 2.09. The van der Waals surface area contributed by atoms with Crippen LogP contribution in [0.15, 0.2) is 55.4 Å². The molecule has 0 saturated heterocycles. The lowest BCUT2D eigenvalue weighted by Crippen LogP contribution is -2.26. The Balaban J connectivity index is 1.72. The van der Waals surface area contributed by atoms with Crippen LogP contribution in [0.25, 0.3) is 5.82 Å². The largest absolute Gasteiger partial charge is 0.336 e. The number of nitrogens with zero attached hydrogens (tertiary/aromatic N) is 6. The summed E-state index contributed by atoms with van der Waals surface area (Å²) in [4.78, 5) is 22.4. The third-order valence-corrected chi connectivity index (χ3v) is 3.15. The van der Waals surface area contributed by atoms with Crippen LogP contribution < -0.4 is 0 Å². The zero-order valence-corrected chi connectivity index (χ0v) is 12.0. The van der Waals surface area contributed by atoms with E-state index >= 15 is 0 Å². The highest BCUT2D eigenvalue weighted by molar-refractivity contribution is 5.93. The number of amides is 1. The van der Waals surface area contributed by atoms with Crippen molar-refractivity contribution in [2.45, 2.75) is 6.54 Å². The van der Waals surface area contributed by atoms with Gasteiger partial charge >= 0.3 is 0 Å². The SMILES string of the molecule is CN(Cc1ccccn1)C(=O)c1ccc(-n2cnnc2)nc1. The van der Waals surface area contributed by atoms with E-state index in [0.717, 1.165) is 5.69 Å². The fraction of sp³-hybridized carbons (Fsp3) is 0.133. The van der Waals surface area contributed by atoms with E-state index in [9.17, 15) is 4.79 Å². The van der Waals surface area contributed by atoms with Gasteiger partial charge in [0, 0.05) is 19.4 Å². The number of rotatable bonds is 4. The molecule has 0 spiro atoms. The molecule has 0 saturated carbocycles. The lowest BCUT2D eigenvalue weighted by atomic mass is 10.2. The van der Waals surface area contributed by atoms with Crippen molar-refractivity contribution in [3.05, 3.63) is 66.6 Å². The van der Waals surface area contributed by atoms with E-state index in [1.54, 1.807) is 53.7 Å². The average Bonchev–Trinajstić information content (AvgIpc) is 3.10. The van der Waals surface area contributed by atoms with E-state index in [1.165, 1.54) is 0 Å². The van der Waals surface area contributed by atoms with Gasteiger partial charge in [0.25, 0.3) is 5.91 Å². The summed E-state index contributed by atoms with van der Waals surface area (Å²) in [5, 5.41) is 7.44. The number of carbonyl (C=O) groups excluding carboxylic acids is 1.